The van der Waals surface area contributed by atoms with Gasteiger partial charge in [-0.05, 0) is 0 Å². The van der Waals surface area contributed by atoms with E-state index in [0.717, 1.165) is 0 Å². The normalized spacial score (nSPS) is 8.56. The molecule has 0 heterocycles. The Labute approximate surface area is 65.5 Å². The zero-order valence-electron chi connectivity index (χ0n) is 5.20. The topological polar surface area (TPSA) is 0 Å². The molecule has 9 heteroatoms. The lowest BCUT2D eigenvalue weighted by atomic mass is 8.64. The number of hydrogen-bond acceptors (Lipinski definition) is 0. The third-order valence-electron chi connectivity index (χ3n) is 1.11. The van der Waals surface area contributed by atoms with Gasteiger partial charge in [-0.15, -0.1) is 0 Å². The van der Waals surface area contributed by atoms with Crippen LogP contribution in [0.4, 0.5) is 0 Å². The van der Waals surface area contributed by atoms with E-state index >= 15 is 0 Å². The maximum atomic E-state index is 5.25. The zero-order valence-corrected chi connectivity index (χ0v) is 5.20. The summed E-state index contributed by atoms with van der Waals surface area (Å²) in [5.74, 6) is 0. The molecule has 9 heavy (non-hydrogen) atoms. The Hall–Kier alpha value is 0.584. The molecule has 0 atom stereocenters. The molecule has 0 rings (SSSR count). The van der Waals surface area contributed by atoms with Crippen molar-refractivity contribution in [2.75, 3.05) is 0 Å². The average molecular weight is 97.3 g/mol. The molecular formula is B9-5. The molecule has 0 amide bonds. The molecule has 0 aromatic rings. The summed E-state index contributed by atoms with van der Waals surface area (Å²) in [5, 5.41) is 0. The van der Waals surface area contributed by atoms with E-state index in [0.29, 0.717) is 0 Å². The standard InChI is InChI=1S/B9/c1-6-9(7(2)3)8(4)5/q-5. The SMILES string of the molecule is [B-][B]B(B([B-])[B-])B([B-])[B-]. The Bertz CT molecular complexity index is 54.4. The maximum absolute atomic E-state index is 5.25. The van der Waals surface area contributed by atoms with Crippen molar-refractivity contribution >= 4 is 64.9 Å². The summed E-state index contributed by atoms with van der Waals surface area (Å²) in [4.78, 5) is 0. The summed E-state index contributed by atoms with van der Waals surface area (Å²) in [5.41, 5.74) is 0. The Morgan fingerprint density at radius 3 is 1.22 bits per heavy atom. The molecule has 0 bridgehead atoms. The fraction of sp³-hybridized carbons (Fsp3) is 0. The van der Waals surface area contributed by atoms with Crippen LogP contribution in [0.5, 0.6) is 0 Å². The molecule has 0 aromatic carbocycles. The predicted octanol–water partition coefficient (Wildman–Crippen LogP) is -3.43. The van der Waals surface area contributed by atoms with Crippen molar-refractivity contribution in [1.29, 1.82) is 0 Å². The van der Waals surface area contributed by atoms with Gasteiger partial charge in [0.2, 0.25) is 0 Å². The highest BCUT2D eigenvalue weighted by atomic mass is 13.0. The molecule has 16 radical (unpaired) electrons. The van der Waals surface area contributed by atoms with Crippen LogP contribution in [0.25, 0.3) is 0 Å². The van der Waals surface area contributed by atoms with Gasteiger partial charge in [0.25, 0.3) is 0 Å². The Kier molecular flexibility index (Phi) is 4.69. The van der Waals surface area contributed by atoms with Crippen molar-refractivity contribution < 1.29 is 0 Å². The second kappa shape index (κ2) is 4.41. The average Bonchev–Trinajstić information content (AvgIpc) is 1.64. The molecule has 0 aliphatic carbocycles. The number of rotatable bonds is 3. The van der Waals surface area contributed by atoms with Crippen LogP contribution in [-0.4, -0.2) is 64.9 Å². The molecular weight excluding hydrogens is 97.3 g/mol. The summed E-state index contributed by atoms with van der Waals surface area (Å²) in [6.45, 7) is 0. The van der Waals surface area contributed by atoms with Gasteiger partial charge in [-0.2, -0.15) is 6.39 Å². The van der Waals surface area contributed by atoms with Gasteiger partial charge in [0, 0.05) is 0 Å². The van der Waals surface area contributed by atoms with Crippen LogP contribution in [0.1, 0.15) is 0 Å². The molecule has 32 valence electrons. The first-order valence-corrected chi connectivity index (χ1v) is 2.67. The minimum absolute atomic E-state index is 0.315. The van der Waals surface area contributed by atoms with E-state index in [2.05, 4.69) is 0 Å². The lowest BCUT2D eigenvalue weighted by molar-refractivity contribution is 3.58. The van der Waals surface area contributed by atoms with Crippen molar-refractivity contribution in [3.8, 4) is 0 Å². The van der Waals surface area contributed by atoms with Crippen LogP contribution in [0.2, 0.25) is 0 Å². The Balaban J connectivity index is 3.68. The largest absolute Gasteiger partial charge is 0.729 e. The van der Waals surface area contributed by atoms with E-state index in [1.165, 1.54) is 7.06 Å². The van der Waals surface area contributed by atoms with E-state index in [1.807, 2.05) is 0 Å². The lowest BCUT2D eigenvalue weighted by Crippen LogP contribution is -2.55. The molecule has 0 N–H and O–H groups in total. The third kappa shape index (κ3) is 3.32. The second-order valence-electron chi connectivity index (χ2n) is 1.92. The summed E-state index contributed by atoms with van der Waals surface area (Å²) in [7, 11) is 27.5. The summed E-state index contributed by atoms with van der Waals surface area (Å²) in [6, 6.07) is 0. The highest BCUT2D eigenvalue weighted by Crippen LogP contribution is 1.80. The highest BCUT2D eigenvalue weighted by Gasteiger charge is 1.79. The first kappa shape index (κ1) is 9.58. The van der Waals surface area contributed by atoms with Gasteiger partial charge in [-0.25, -0.2) is 0 Å². The van der Waals surface area contributed by atoms with E-state index < -0.39 is 12.8 Å². The Morgan fingerprint density at radius 1 is 0.889 bits per heavy atom. The molecule has 0 aliphatic heterocycles. The molecule has 0 aliphatic rings. The van der Waals surface area contributed by atoms with Gasteiger partial charge >= 0.3 is 0 Å². The monoisotopic (exact) mass is 99.1 g/mol. The molecule has 0 nitrogen and oxygen atoms in total. The first-order chi connectivity index (χ1) is 4.09. The van der Waals surface area contributed by atoms with Gasteiger partial charge in [0.15, 0.2) is 0 Å². The maximum Gasteiger partial charge on any atom is -0.184 e. The van der Waals surface area contributed by atoms with Crippen molar-refractivity contribution in [1.82, 2.24) is 0 Å². The number of hydrogen-bond donors (Lipinski definition) is 0. The molecule has 0 aromatic heterocycles. The van der Waals surface area contributed by atoms with Crippen LogP contribution in [0.3, 0.4) is 0 Å². The van der Waals surface area contributed by atoms with E-state index in [1.54, 1.807) is 0 Å². The van der Waals surface area contributed by atoms with Crippen LogP contribution in [0.15, 0.2) is 0 Å². The molecule has 0 unspecified atom stereocenters. The first-order valence-electron chi connectivity index (χ1n) is 2.67. The summed E-state index contributed by atoms with van der Waals surface area (Å²) < 4.78 is 0. The lowest BCUT2D eigenvalue weighted by Gasteiger charge is -2.60. The minimum atomic E-state index is -0.574. The van der Waals surface area contributed by atoms with Crippen LogP contribution < -0.4 is 0 Å². The van der Waals surface area contributed by atoms with E-state index in [-0.39, 0.29) is 6.39 Å². The zero-order chi connectivity index (χ0) is 7.44. The van der Waals surface area contributed by atoms with Gasteiger partial charge in [-0.3, -0.25) is 7.06 Å². The van der Waals surface area contributed by atoms with Crippen molar-refractivity contribution in [2.45, 2.75) is 0 Å². The third-order valence-corrected chi connectivity index (χ3v) is 1.11. The second-order valence-corrected chi connectivity index (χ2v) is 1.92. The van der Waals surface area contributed by atoms with Gasteiger partial charge in [-0.1, -0.05) is 0 Å². The molecule has 0 saturated heterocycles. The van der Waals surface area contributed by atoms with Crippen molar-refractivity contribution in [2.24, 2.45) is 0 Å². The quantitative estimate of drug-likeness (QED) is 0.322. The minimum Gasteiger partial charge on any atom is -0.729 e. The fourth-order valence-electron chi connectivity index (χ4n) is 0.513. The van der Waals surface area contributed by atoms with Crippen molar-refractivity contribution in [3.63, 3.8) is 0 Å². The Morgan fingerprint density at radius 2 is 1.22 bits per heavy atom. The van der Waals surface area contributed by atoms with E-state index in [4.69, 9.17) is 38.7 Å². The van der Waals surface area contributed by atoms with Crippen molar-refractivity contribution in [3.05, 3.63) is 0 Å². The smallest absolute Gasteiger partial charge is 0.184 e. The summed E-state index contributed by atoms with van der Waals surface area (Å²) in [6.07, 6.45) is -1.46. The molecule has 0 spiro atoms. The fourth-order valence-corrected chi connectivity index (χ4v) is 0.513. The highest BCUT2D eigenvalue weighted by molar-refractivity contribution is 7.93. The van der Waals surface area contributed by atoms with Gasteiger partial charge in [0.1, 0.15) is 0 Å². The van der Waals surface area contributed by atoms with Gasteiger partial charge in [0.05, 0.1) is 0 Å². The van der Waals surface area contributed by atoms with Crippen LogP contribution in [-0.2, 0) is 0 Å². The summed E-state index contributed by atoms with van der Waals surface area (Å²) >= 11 is 0. The molecule has 0 saturated carbocycles. The van der Waals surface area contributed by atoms with Crippen LogP contribution >= 0.6 is 0 Å². The van der Waals surface area contributed by atoms with Crippen LogP contribution in [0, 0.1) is 0 Å². The predicted molar refractivity (Wildman–Crippen MR) is 51.8 cm³/mol. The van der Waals surface area contributed by atoms with Gasteiger partial charge < -0.3 is 51.5 Å². The van der Waals surface area contributed by atoms with E-state index in [9.17, 15) is 0 Å². The molecule has 0 fully saturated rings.